The normalized spacial score (nSPS) is 10.0. The first-order chi connectivity index (χ1) is 11.1. The van der Waals surface area contributed by atoms with Crippen molar-refractivity contribution in [3.63, 3.8) is 0 Å². The van der Waals surface area contributed by atoms with Crippen LogP contribution in [0.1, 0.15) is 17.3 Å². The molecule has 2 aromatic rings. The molecule has 0 aliphatic heterocycles. The molecule has 0 saturated heterocycles. The van der Waals surface area contributed by atoms with Gasteiger partial charge in [-0.3, -0.25) is 4.79 Å². The highest BCUT2D eigenvalue weighted by atomic mass is 35.5. The molecule has 6 heteroatoms. The summed E-state index contributed by atoms with van der Waals surface area (Å²) in [7, 11) is 0. The van der Waals surface area contributed by atoms with Crippen molar-refractivity contribution in [3.8, 4) is 5.75 Å². The number of esters is 1. The zero-order chi connectivity index (χ0) is 16.7. The van der Waals surface area contributed by atoms with E-state index >= 15 is 0 Å². The van der Waals surface area contributed by atoms with Crippen molar-refractivity contribution < 1.29 is 19.1 Å². The summed E-state index contributed by atoms with van der Waals surface area (Å²) < 4.78 is 10.3. The fraction of sp³-hybridized carbons (Fsp3) is 0.176. The zero-order valence-electron chi connectivity index (χ0n) is 12.5. The number of hydrogen-bond donors (Lipinski definition) is 1. The Morgan fingerprint density at radius 1 is 1.09 bits per heavy atom. The number of ether oxygens (including phenoxy) is 2. The van der Waals surface area contributed by atoms with Crippen molar-refractivity contribution >= 4 is 29.2 Å². The van der Waals surface area contributed by atoms with E-state index in [9.17, 15) is 9.59 Å². The Hall–Kier alpha value is -2.53. The van der Waals surface area contributed by atoms with Crippen molar-refractivity contribution in [1.82, 2.24) is 0 Å². The van der Waals surface area contributed by atoms with Crippen molar-refractivity contribution in [2.24, 2.45) is 0 Å². The Labute approximate surface area is 139 Å². The van der Waals surface area contributed by atoms with Crippen LogP contribution in [0.25, 0.3) is 0 Å². The van der Waals surface area contributed by atoms with E-state index in [0.29, 0.717) is 28.6 Å². The summed E-state index contributed by atoms with van der Waals surface area (Å²) in [6.45, 7) is 1.90. The molecule has 0 bridgehead atoms. The molecule has 0 fully saturated rings. The number of amides is 1. The number of halogens is 1. The second kappa shape index (κ2) is 8.19. The van der Waals surface area contributed by atoms with Crippen LogP contribution in [0.5, 0.6) is 5.75 Å². The molecule has 0 unspecified atom stereocenters. The van der Waals surface area contributed by atoms with Gasteiger partial charge in [-0.1, -0.05) is 23.7 Å². The molecule has 0 spiro atoms. The number of carbonyl (C=O) groups is 2. The minimum Gasteiger partial charge on any atom is -0.484 e. The Bertz CT molecular complexity index is 685. The van der Waals surface area contributed by atoms with E-state index in [-0.39, 0.29) is 12.5 Å². The summed E-state index contributed by atoms with van der Waals surface area (Å²) in [5.41, 5.74) is 0.958. The molecule has 2 aromatic carbocycles. The Morgan fingerprint density at radius 2 is 1.78 bits per heavy atom. The molecule has 0 aliphatic rings. The quantitative estimate of drug-likeness (QED) is 0.821. The van der Waals surface area contributed by atoms with Gasteiger partial charge in [-0.2, -0.15) is 0 Å². The smallest absolute Gasteiger partial charge is 0.338 e. The van der Waals surface area contributed by atoms with Gasteiger partial charge in [-0.15, -0.1) is 0 Å². The molecule has 120 valence electrons. The minimum atomic E-state index is -0.393. The van der Waals surface area contributed by atoms with Gasteiger partial charge in [0.05, 0.1) is 22.9 Å². The number of carbonyl (C=O) groups excluding carboxylic acids is 2. The average Bonchev–Trinajstić information content (AvgIpc) is 2.56. The van der Waals surface area contributed by atoms with Gasteiger partial charge in [-0.05, 0) is 43.3 Å². The zero-order valence-corrected chi connectivity index (χ0v) is 13.3. The summed E-state index contributed by atoms with van der Waals surface area (Å²) in [6, 6.07) is 13.3. The number of benzene rings is 2. The molecule has 5 nitrogen and oxygen atoms in total. The molecular weight excluding hydrogens is 318 g/mol. The third kappa shape index (κ3) is 5.00. The molecule has 23 heavy (non-hydrogen) atoms. The van der Waals surface area contributed by atoms with E-state index in [1.54, 1.807) is 55.5 Å². The first kappa shape index (κ1) is 16.8. The second-order valence-corrected chi connectivity index (χ2v) is 4.97. The van der Waals surface area contributed by atoms with Gasteiger partial charge in [0.2, 0.25) is 0 Å². The highest BCUT2D eigenvalue weighted by Crippen LogP contribution is 2.20. The molecule has 0 aromatic heterocycles. The monoisotopic (exact) mass is 333 g/mol. The standard InChI is InChI=1S/C17H16ClNO4/c1-2-22-17(21)12-7-9-13(10-8-12)23-11-16(20)19-15-6-4-3-5-14(15)18/h3-10H,2,11H2,1H3,(H,19,20). The third-order valence-corrected chi connectivity index (χ3v) is 3.21. The van der Waals surface area contributed by atoms with E-state index in [0.717, 1.165) is 0 Å². The Balaban J connectivity index is 1.87. The van der Waals surface area contributed by atoms with Gasteiger partial charge in [0.15, 0.2) is 6.61 Å². The minimum absolute atomic E-state index is 0.163. The van der Waals surface area contributed by atoms with Gasteiger partial charge in [-0.25, -0.2) is 4.79 Å². The number of anilines is 1. The lowest BCUT2D eigenvalue weighted by Gasteiger charge is -2.09. The number of hydrogen-bond acceptors (Lipinski definition) is 4. The lowest BCUT2D eigenvalue weighted by molar-refractivity contribution is -0.118. The van der Waals surface area contributed by atoms with Crippen LogP contribution in [0.15, 0.2) is 48.5 Å². The summed E-state index contributed by atoms with van der Waals surface area (Å²) in [5.74, 6) is -0.240. The maximum Gasteiger partial charge on any atom is 0.338 e. The molecule has 0 aliphatic carbocycles. The number of rotatable bonds is 6. The highest BCUT2D eigenvalue weighted by molar-refractivity contribution is 6.33. The van der Waals surface area contributed by atoms with E-state index in [1.165, 1.54) is 0 Å². The molecule has 0 radical (unpaired) electrons. The van der Waals surface area contributed by atoms with E-state index in [2.05, 4.69) is 5.32 Å². The van der Waals surface area contributed by atoms with Crippen LogP contribution in [0.3, 0.4) is 0 Å². The Kier molecular flexibility index (Phi) is 6.00. The fourth-order valence-corrected chi connectivity index (χ4v) is 1.98. The van der Waals surface area contributed by atoms with Crippen molar-refractivity contribution in [2.75, 3.05) is 18.5 Å². The molecular formula is C17H16ClNO4. The number of nitrogens with one attached hydrogen (secondary N) is 1. The van der Waals surface area contributed by atoms with Gasteiger partial charge in [0, 0.05) is 0 Å². The Morgan fingerprint density at radius 3 is 2.43 bits per heavy atom. The largest absolute Gasteiger partial charge is 0.484 e. The SMILES string of the molecule is CCOC(=O)c1ccc(OCC(=O)Nc2ccccc2Cl)cc1. The summed E-state index contributed by atoms with van der Waals surface area (Å²) in [6.07, 6.45) is 0. The summed E-state index contributed by atoms with van der Waals surface area (Å²) in [4.78, 5) is 23.3. The predicted molar refractivity (Wildman–Crippen MR) is 88.0 cm³/mol. The first-order valence-corrected chi connectivity index (χ1v) is 7.42. The lowest BCUT2D eigenvalue weighted by atomic mass is 10.2. The van der Waals surface area contributed by atoms with Crippen LogP contribution < -0.4 is 10.1 Å². The molecule has 1 amide bonds. The van der Waals surface area contributed by atoms with Crippen molar-refractivity contribution in [2.45, 2.75) is 6.92 Å². The molecule has 0 saturated carbocycles. The molecule has 0 atom stereocenters. The summed E-state index contributed by atoms with van der Waals surface area (Å²) in [5, 5.41) is 3.11. The molecule has 2 rings (SSSR count). The van der Waals surface area contributed by atoms with Gasteiger partial charge in [0.1, 0.15) is 5.75 Å². The lowest BCUT2D eigenvalue weighted by Crippen LogP contribution is -2.20. The van der Waals surface area contributed by atoms with Crippen LogP contribution in [0, 0.1) is 0 Å². The fourth-order valence-electron chi connectivity index (χ4n) is 1.80. The van der Waals surface area contributed by atoms with E-state index in [1.807, 2.05) is 0 Å². The van der Waals surface area contributed by atoms with Gasteiger partial charge in [0.25, 0.3) is 5.91 Å². The van der Waals surface area contributed by atoms with Gasteiger partial charge >= 0.3 is 5.97 Å². The summed E-state index contributed by atoms with van der Waals surface area (Å²) >= 11 is 5.96. The van der Waals surface area contributed by atoms with Crippen LogP contribution in [-0.4, -0.2) is 25.1 Å². The third-order valence-electron chi connectivity index (χ3n) is 2.88. The van der Waals surface area contributed by atoms with Crippen molar-refractivity contribution in [3.05, 3.63) is 59.1 Å². The predicted octanol–water partition coefficient (Wildman–Crippen LogP) is 3.53. The second-order valence-electron chi connectivity index (χ2n) is 4.56. The highest BCUT2D eigenvalue weighted by Gasteiger charge is 2.08. The van der Waals surface area contributed by atoms with E-state index in [4.69, 9.17) is 21.1 Å². The maximum absolute atomic E-state index is 11.8. The molecule has 1 N–H and O–H groups in total. The van der Waals surface area contributed by atoms with Crippen LogP contribution in [-0.2, 0) is 9.53 Å². The van der Waals surface area contributed by atoms with Crippen LogP contribution >= 0.6 is 11.6 Å². The maximum atomic E-state index is 11.8. The average molecular weight is 334 g/mol. The van der Waals surface area contributed by atoms with Crippen LogP contribution in [0.4, 0.5) is 5.69 Å². The van der Waals surface area contributed by atoms with E-state index < -0.39 is 5.97 Å². The first-order valence-electron chi connectivity index (χ1n) is 7.04. The van der Waals surface area contributed by atoms with Crippen LogP contribution in [0.2, 0.25) is 5.02 Å². The van der Waals surface area contributed by atoms with Crippen molar-refractivity contribution in [1.29, 1.82) is 0 Å². The topological polar surface area (TPSA) is 64.6 Å². The molecule has 0 heterocycles. The number of para-hydroxylation sites is 1. The van der Waals surface area contributed by atoms with Gasteiger partial charge < -0.3 is 14.8 Å².